The van der Waals surface area contributed by atoms with Gasteiger partial charge in [-0.1, -0.05) is 0 Å². The van der Waals surface area contributed by atoms with Crippen molar-refractivity contribution in [2.24, 2.45) is 0 Å². The van der Waals surface area contributed by atoms with Crippen LogP contribution in [0, 0.1) is 0 Å². The first-order chi connectivity index (χ1) is 14.0. The lowest BCUT2D eigenvalue weighted by molar-refractivity contribution is -0.117. The van der Waals surface area contributed by atoms with Crippen LogP contribution in [-0.4, -0.2) is 50.6 Å². The van der Waals surface area contributed by atoms with Crippen LogP contribution >= 0.6 is 11.3 Å². The fourth-order valence-electron chi connectivity index (χ4n) is 2.97. The van der Waals surface area contributed by atoms with Crippen molar-refractivity contribution in [2.75, 3.05) is 38.1 Å². The minimum absolute atomic E-state index is 0.00646. The molecule has 1 saturated heterocycles. The van der Waals surface area contributed by atoms with E-state index in [0.29, 0.717) is 35.3 Å². The van der Waals surface area contributed by atoms with Gasteiger partial charge in [0.05, 0.1) is 44.7 Å². The number of ether oxygens (including phenoxy) is 3. The number of carbonyl (C=O) groups is 3. The molecule has 0 bridgehead atoms. The zero-order valence-electron chi connectivity index (χ0n) is 16.3. The fraction of sp³-hybridized carbons (Fsp3) is 0.368. The SMILES string of the molecule is COC(=O)c1cc(OC)c(OC)cc1NC(=O)Cc1csc(N2CCCC2=O)n1. The molecule has 0 atom stereocenters. The predicted molar refractivity (Wildman–Crippen MR) is 107 cm³/mol. The lowest BCUT2D eigenvalue weighted by Gasteiger charge is -2.14. The van der Waals surface area contributed by atoms with Crippen LogP contribution in [0.2, 0.25) is 0 Å². The summed E-state index contributed by atoms with van der Waals surface area (Å²) in [5.41, 5.74) is 0.923. The minimum atomic E-state index is -0.621. The third kappa shape index (κ3) is 4.48. The van der Waals surface area contributed by atoms with Gasteiger partial charge in [0.1, 0.15) is 0 Å². The number of amides is 2. The zero-order chi connectivity index (χ0) is 21.0. The Morgan fingerprint density at radius 3 is 2.55 bits per heavy atom. The van der Waals surface area contributed by atoms with Crippen molar-refractivity contribution < 1.29 is 28.6 Å². The van der Waals surface area contributed by atoms with Crippen LogP contribution in [0.4, 0.5) is 10.8 Å². The van der Waals surface area contributed by atoms with Crippen molar-refractivity contribution in [2.45, 2.75) is 19.3 Å². The molecule has 1 aliphatic heterocycles. The lowest BCUT2D eigenvalue weighted by atomic mass is 10.1. The number of nitrogens with one attached hydrogen (secondary N) is 1. The third-order valence-electron chi connectivity index (χ3n) is 4.39. The number of rotatable bonds is 7. The third-order valence-corrected chi connectivity index (χ3v) is 5.30. The van der Waals surface area contributed by atoms with Gasteiger partial charge in [-0.05, 0) is 6.42 Å². The average molecular weight is 419 g/mol. The molecule has 0 aliphatic carbocycles. The van der Waals surface area contributed by atoms with E-state index in [0.717, 1.165) is 6.42 Å². The Kier molecular flexibility index (Phi) is 6.32. The molecule has 1 aliphatic rings. The molecule has 0 saturated carbocycles. The molecule has 1 N–H and O–H groups in total. The van der Waals surface area contributed by atoms with Gasteiger partial charge < -0.3 is 19.5 Å². The summed E-state index contributed by atoms with van der Waals surface area (Å²) < 4.78 is 15.2. The van der Waals surface area contributed by atoms with E-state index in [2.05, 4.69) is 10.3 Å². The molecule has 9 nitrogen and oxygen atoms in total. The van der Waals surface area contributed by atoms with E-state index in [4.69, 9.17) is 14.2 Å². The Morgan fingerprint density at radius 1 is 1.21 bits per heavy atom. The quantitative estimate of drug-likeness (QED) is 0.686. The van der Waals surface area contributed by atoms with Crippen LogP contribution in [0.15, 0.2) is 17.5 Å². The van der Waals surface area contributed by atoms with Gasteiger partial charge in [0.25, 0.3) is 0 Å². The van der Waals surface area contributed by atoms with Crippen LogP contribution in [-0.2, 0) is 20.7 Å². The first-order valence-electron chi connectivity index (χ1n) is 8.85. The van der Waals surface area contributed by atoms with E-state index in [1.807, 2.05) is 0 Å². The van der Waals surface area contributed by atoms with Crippen LogP contribution in [0.5, 0.6) is 11.5 Å². The smallest absolute Gasteiger partial charge is 0.340 e. The first kappa shape index (κ1) is 20.6. The molecule has 2 heterocycles. The largest absolute Gasteiger partial charge is 0.493 e. The molecule has 1 aromatic carbocycles. The van der Waals surface area contributed by atoms with Gasteiger partial charge in [0, 0.05) is 30.5 Å². The molecule has 10 heteroatoms. The average Bonchev–Trinajstić information content (AvgIpc) is 3.35. The first-order valence-corrected chi connectivity index (χ1v) is 9.73. The number of esters is 1. The summed E-state index contributed by atoms with van der Waals surface area (Å²) >= 11 is 1.32. The zero-order valence-corrected chi connectivity index (χ0v) is 17.1. The highest BCUT2D eigenvalue weighted by atomic mass is 32.1. The van der Waals surface area contributed by atoms with Crippen molar-refractivity contribution in [1.29, 1.82) is 0 Å². The maximum Gasteiger partial charge on any atom is 0.340 e. The normalized spacial score (nSPS) is 13.3. The van der Waals surface area contributed by atoms with Crippen LogP contribution in [0.25, 0.3) is 0 Å². The molecule has 154 valence electrons. The number of methoxy groups -OCH3 is 3. The number of aromatic nitrogens is 1. The Bertz CT molecular complexity index is 942. The number of hydrogen-bond donors (Lipinski definition) is 1. The monoisotopic (exact) mass is 419 g/mol. The van der Waals surface area contributed by atoms with E-state index < -0.39 is 5.97 Å². The lowest BCUT2D eigenvalue weighted by Crippen LogP contribution is -2.23. The van der Waals surface area contributed by atoms with Crippen LogP contribution < -0.4 is 19.7 Å². The minimum Gasteiger partial charge on any atom is -0.493 e. The molecule has 3 rings (SSSR count). The Labute approximate surface area is 171 Å². The molecule has 0 unspecified atom stereocenters. The number of nitrogens with zero attached hydrogens (tertiary/aromatic N) is 2. The van der Waals surface area contributed by atoms with Gasteiger partial charge in [0.15, 0.2) is 16.6 Å². The van der Waals surface area contributed by atoms with Crippen molar-refractivity contribution in [3.8, 4) is 11.5 Å². The summed E-state index contributed by atoms with van der Waals surface area (Å²) in [6.07, 6.45) is 1.32. The summed E-state index contributed by atoms with van der Waals surface area (Å²) in [6, 6.07) is 2.94. The van der Waals surface area contributed by atoms with Crippen LogP contribution in [0.1, 0.15) is 28.9 Å². The molecule has 0 radical (unpaired) electrons. The number of thiazole rings is 1. The van der Waals surface area contributed by atoms with E-state index in [1.54, 1.807) is 10.3 Å². The van der Waals surface area contributed by atoms with Gasteiger partial charge in [-0.15, -0.1) is 11.3 Å². The summed E-state index contributed by atoms with van der Waals surface area (Å²) in [6.45, 7) is 0.645. The summed E-state index contributed by atoms with van der Waals surface area (Å²) in [4.78, 5) is 42.5. The van der Waals surface area contributed by atoms with E-state index in [-0.39, 0.29) is 29.5 Å². The topological polar surface area (TPSA) is 107 Å². The molecular weight excluding hydrogens is 398 g/mol. The number of carbonyl (C=O) groups excluding carboxylic acids is 3. The molecule has 29 heavy (non-hydrogen) atoms. The highest BCUT2D eigenvalue weighted by Gasteiger charge is 2.25. The molecule has 1 fully saturated rings. The second-order valence-electron chi connectivity index (χ2n) is 6.24. The van der Waals surface area contributed by atoms with E-state index in [9.17, 15) is 14.4 Å². The maximum absolute atomic E-state index is 12.5. The summed E-state index contributed by atoms with van der Waals surface area (Å²) in [5.74, 6) is -0.246. The predicted octanol–water partition coefficient (Wildman–Crippen LogP) is 2.25. The van der Waals surface area contributed by atoms with Gasteiger partial charge in [-0.2, -0.15) is 0 Å². The van der Waals surface area contributed by atoms with Gasteiger partial charge in [-0.3, -0.25) is 14.5 Å². The number of anilines is 2. The van der Waals surface area contributed by atoms with Crippen LogP contribution in [0.3, 0.4) is 0 Å². The standard InChI is InChI=1S/C19H21N3O6S/c1-26-14-8-12(18(25)28-3)13(9-15(14)27-2)21-16(23)7-11-10-29-19(20-11)22-6-4-5-17(22)24/h8-10H,4-7H2,1-3H3,(H,21,23). The molecule has 0 spiro atoms. The van der Waals surface area contributed by atoms with Crippen molar-refractivity contribution in [3.63, 3.8) is 0 Å². The van der Waals surface area contributed by atoms with Crippen molar-refractivity contribution in [3.05, 3.63) is 28.8 Å². The van der Waals surface area contributed by atoms with E-state index >= 15 is 0 Å². The van der Waals surface area contributed by atoms with Gasteiger partial charge in [0.2, 0.25) is 11.8 Å². The fourth-order valence-corrected chi connectivity index (χ4v) is 3.84. The second kappa shape index (κ2) is 8.91. The molecule has 2 amide bonds. The Morgan fingerprint density at radius 2 is 1.93 bits per heavy atom. The highest BCUT2D eigenvalue weighted by molar-refractivity contribution is 7.14. The van der Waals surface area contributed by atoms with Crippen molar-refractivity contribution >= 4 is 39.9 Å². The summed E-state index contributed by atoms with van der Waals surface area (Å²) in [5, 5.41) is 5.04. The molecule has 2 aromatic rings. The second-order valence-corrected chi connectivity index (χ2v) is 7.08. The van der Waals surface area contributed by atoms with Crippen molar-refractivity contribution in [1.82, 2.24) is 4.98 Å². The van der Waals surface area contributed by atoms with E-state index in [1.165, 1.54) is 44.8 Å². The number of hydrogen-bond acceptors (Lipinski definition) is 8. The highest BCUT2D eigenvalue weighted by Crippen LogP contribution is 2.34. The Balaban J connectivity index is 1.77. The van der Waals surface area contributed by atoms with Gasteiger partial charge in [-0.25, -0.2) is 9.78 Å². The molecular formula is C19H21N3O6S. The van der Waals surface area contributed by atoms with Gasteiger partial charge >= 0.3 is 5.97 Å². The Hall–Kier alpha value is -3.14. The molecule has 1 aromatic heterocycles. The maximum atomic E-state index is 12.5. The number of benzene rings is 1. The summed E-state index contributed by atoms with van der Waals surface area (Å²) in [7, 11) is 4.15.